The Kier molecular flexibility index (Phi) is 4.30. The Morgan fingerprint density at radius 3 is 3.17 bits per heavy atom. The highest BCUT2D eigenvalue weighted by atomic mass is 16.1. The third-order valence-electron chi connectivity index (χ3n) is 3.54. The minimum atomic E-state index is 0.0618. The summed E-state index contributed by atoms with van der Waals surface area (Å²) in [6.07, 6.45) is 5.50. The van der Waals surface area contributed by atoms with Crippen molar-refractivity contribution in [2.45, 2.75) is 51.7 Å². The van der Waals surface area contributed by atoms with Gasteiger partial charge in [-0.1, -0.05) is 6.42 Å². The number of nitrogens with one attached hydrogen (secondary N) is 1. The first-order chi connectivity index (χ1) is 8.70. The molecule has 0 saturated heterocycles. The molecule has 1 fully saturated rings. The van der Waals surface area contributed by atoms with Gasteiger partial charge in [0.05, 0.1) is 6.54 Å². The fourth-order valence-corrected chi connectivity index (χ4v) is 2.46. The SMILES string of the molecule is CCn1cnnc1CNC(=O)C1CCCC(N)C1. The lowest BCUT2D eigenvalue weighted by atomic mass is 9.85. The third kappa shape index (κ3) is 3.07. The van der Waals surface area contributed by atoms with Gasteiger partial charge in [0.15, 0.2) is 5.82 Å². The smallest absolute Gasteiger partial charge is 0.223 e. The van der Waals surface area contributed by atoms with E-state index >= 15 is 0 Å². The predicted molar refractivity (Wildman–Crippen MR) is 67.5 cm³/mol. The van der Waals surface area contributed by atoms with Crippen LogP contribution in [0.15, 0.2) is 6.33 Å². The Bertz CT molecular complexity index is 403. The van der Waals surface area contributed by atoms with Gasteiger partial charge in [-0.3, -0.25) is 4.79 Å². The molecule has 1 heterocycles. The molecule has 0 aromatic carbocycles. The van der Waals surface area contributed by atoms with E-state index in [1.807, 2.05) is 11.5 Å². The molecular formula is C12H21N5O. The summed E-state index contributed by atoms with van der Waals surface area (Å²) < 4.78 is 1.92. The maximum absolute atomic E-state index is 12.0. The van der Waals surface area contributed by atoms with Crippen LogP contribution in [-0.4, -0.2) is 26.7 Å². The summed E-state index contributed by atoms with van der Waals surface area (Å²) in [6.45, 7) is 3.28. The van der Waals surface area contributed by atoms with Gasteiger partial charge in [-0.25, -0.2) is 0 Å². The largest absolute Gasteiger partial charge is 0.349 e. The summed E-state index contributed by atoms with van der Waals surface area (Å²) in [7, 11) is 0. The first-order valence-corrected chi connectivity index (χ1v) is 6.60. The van der Waals surface area contributed by atoms with Crippen LogP contribution in [0, 0.1) is 5.92 Å². The predicted octanol–water partition coefficient (Wildman–Crippen LogP) is 0.432. The number of nitrogens with zero attached hydrogens (tertiary/aromatic N) is 3. The van der Waals surface area contributed by atoms with Crippen LogP contribution in [0.1, 0.15) is 38.4 Å². The number of nitrogens with two attached hydrogens (primary N) is 1. The molecule has 1 aliphatic rings. The molecule has 1 aromatic heterocycles. The quantitative estimate of drug-likeness (QED) is 0.812. The number of aromatic nitrogens is 3. The van der Waals surface area contributed by atoms with Gasteiger partial charge >= 0.3 is 0 Å². The average molecular weight is 251 g/mol. The number of hydrogen-bond acceptors (Lipinski definition) is 4. The number of carbonyl (C=O) groups is 1. The van der Waals surface area contributed by atoms with Crippen molar-refractivity contribution >= 4 is 5.91 Å². The Morgan fingerprint density at radius 1 is 1.61 bits per heavy atom. The summed E-state index contributed by atoms with van der Waals surface area (Å²) >= 11 is 0. The summed E-state index contributed by atoms with van der Waals surface area (Å²) in [5.74, 6) is 0.952. The maximum atomic E-state index is 12.0. The van der Waals surface area contributed by atoms with Crippen LogP contribution in [0.3, 0.4) is 0 Å². The maximum Gasteiger partial charge on any atom is 0.223 e. The summed E-state index contributed by atoms with van der Waals surface area (Å²) in [5.41, 5.74) is 5.89. The zero-order valence-corrected chi connectivity index (χ0v) is 10.8. The molecule has 6 heteroatoms. The lowest BCUT2D eigenvalue weighted by Gasteiger charge is -2.25. The van der Waals surface area contributed by atoms with Crippen molar-refractivity contribution in [1.29, 1.82) is 0 Å². The van der Waals surface area contributed by atoms with Crippen molar-refractivity contribution in [3.05, 3.63) is 12.2 Å². The van der Waals surface area contributed by atoms with Gasteiger partial charge in [-0.2, -0.15) is 0 Å². The van der Waals surface area contributed by atoms with E-state index in [1.165, 1.54) is 0 Å². The van der Waals surface area contributed by atoms with Crippen LogP contribution >= 0.6 is 0 Å². The Hall–Kier alpha value is -1.43. The highest BCUT2D eigenvalue weighted by Gasteiger charge is 2.25. The molecule has 0 bridgehead atoms. The van der Waals surface area contributed by atoms with E-state index in [0.717, 1.165) is 38.1 Å². The standard InChI is InChI=1S/C12H21N5O/c1-2-17-8-15-16-11(17)7-14-12(18)9-4-3-5-10(13)6-9/h8-10H,2-7,13H2,1H3,(H,14,18). The van der Waals surface area contributed by atoms with E-state index in [1.54, 1.807) is 6.33 Å². The van der Waals surface area contributed by atoms with E-state index in [9.17, 15) is 4.79 Å². The molecule has 1 amide bonds. The molecule has 1 aromatic rings. The molecule has 0 spiro atoms. The van der Waals surface area contributed by atoms with Crippen LogP contribution in [0.2, 0.25) is 0 Å². The van der Waals surface area contributed by atoms with E-state index < -0.39 is 0 Å². The van der Waals surface area contributed by atoms with Gasteiger partial charge < -0.3 is 15.6 Å². The van der Waals surface area contributed by atoms with Crippen LogP contribution in [0.5, 0.6) is 0 Å². The molecule has 18 heavy (non-hydrogen) atoms. The van der Waals surface area contributed by atoms with Gasteiger partial charge in [-0.15, -0.1) is 10.2 Å². The van der Waals surface area contributed by atoms with Crippen molar-refractivity contribution in [3.63, 3.8) is 0 Å². The molecule has 2 unspecified atom stereocenters. The van der Waals surface area contributed by atoms with Gasteiger partial charge in [0, 0.05) is 18.5 Å². The highest BCUT2D eigenvalue weighted by Crippen LogP contribution is 2.23. The van der Waals surface area contributed by atoms with Crippen LogP contribution in [0.25, 0.3) is 0 Å². The van der Waals surface area contributed by atoms with Gasteiger partial charge in [0.25, 0.3) is 0 Å². The molecule has 6 nitrogen and oxygen atoms in total. The van der Waals surface area contributed by atoms with Crippen molar-refractivity contribution in [2.24, 2.45) is 11.7 Å². The van der Waals surface area contributed by atoms with Crippen molar-refractivity contribution < 1.29 is 4.79 Å². The van der Waals surface area contributed by atoms with Gasteiger partial charge in [0.1, 0.15) is 6.33 Å². The van der Waals surface area contributed by atoms with Gasteiger partial charge in [-0.05, 0) is 26.2 Å². The Morgan fingerprint density at radius 2 is 2.44 bits per heavy atom. The second-order valence-electron chi connectivity index (χ2n) is 4.87. The minimum absolute atomic E-state index is 0.0618. The first kappa shape index (κ1) is 13.0. The molecule has 0 aliphatic heterocycles. The fourth-order valence-electron chi connectivity index (χ4n) is 2.46. The lowest BCUT2D eigenvalue weighted by Crippen LogP contribution is -2.37. The summed E-state index contributed by atoms with van der Waals surface area (Å²) in [6, 6.07) is 0.175. The molecular weight excluding hydrogens is 230 g/mol. The van der Waals surface area contributed by atoms with E-state index in [4.69, 9.17) is 5.73 Å². The Labute approximate surface area is 107 Å². The first-order valence-electron chi connectivity index (χ1n) is 6.60. The number of amides is 1. The summed E-state index contributed by atoms with van der Waals surface area (Å²) in [5, 5.41) is 10.8. The highest BCUT2D eigenvalue weighted by molar-refractivity contribution is 5.78. The topological polar surface area (TPSA) is 85.8 Å². The van der Waals surface area contributed by atoms with Crippen LogP contribution < -0.4 is 11.1 Å². The van der Waals surface area contributed by atoms with Crippen LogP contribution in [0.4, 0.5) is 0 Å². The third-order valence-corrected chi connectivity index (χ3v) is 3.54. The number of hydrogen-bond donors (Lipinski definition) is 2. The fraction of sp³-hybridized carbons (Fsp3) is 0.750. The van der Waals surface area contributed by atoms with E-state index in [0.29, 0.717) is 6.54 Å². The normalized spacial score (nSPS) is 23.9. The second kappa shape index (κ2) is 5.95. The zero-order chi connectivity index (χ0) is 13.0. The minimum Gasteiger partial charge on any atom is -0.349 e. The molecule has 2 atom stereocenters. The molecule has 3 N–H and O–H groups in total. The zero-order valence-electron chi connectivity index (χ0n) is 10.8. The van der Waals surface area contributed by atoms with Gasteiger partial charge in [0.2, 0.25) is 5.91 Å². The number of rotatable bonds is 4. The second-order valence-corrected chi connectivity index (χ2v) is 4.87. The monoisotopic (exact) mass is 251 g/mol. The number of carbonyl (C=O) groups excluding carboxylic acids is 1. The molecule has 1 aliphatic carbocycles. The molecule has 0 radical (unpaired) electrons. The van der Waals surface area contributed by atoms with Crippen molar-refractivity contribution in [3.8, 4) is 0 Å². The lowest BCUT2D eigenvalue weighted by molar-refractivity contribution is -0.126. The molecule has 2 rings (SSSR count). The van der Waals surface area contributed by atoms with Crippen molar-refractivity contribution in [2.75, 3.05) is 0 Å². The van der Waals surface area contributed by atoms with Crippen LogP contribution in [-0.2, 0) is 17.9 Å². The van der Waals surface area contributed by atoms with E-state index in [2.05, 4.69) is 15.5 Å². The Balaban J connectivity index is 1.84. The summed E-state index contributed by atoms with van der Waals surface area (Å²) in [4.78, 5) is 12.0. The average Bonchev–Trinajstić information content (AvgIpc) is 2.83. The van der Waals surface area contributed by atoms with E-state index in [-0.39, 0.29) is 17.9 Å². The number of aryl methyl sites for hydroxylation is 1. The molecule has 100 valence electrons. The van der Waals surface area contributed by atoms with Crippen molar-refractivity contribution in [1.82, 2.24) is 20.1 Å². The molecule has 1 saturated carbocycles.